The zero-order valence-electron chi connectivity index (χ0n) is 13.6. The molecule has 1 fully saturated rings. The lowest BCUT2D eigenvalue weighted by Crippen LogP contribution is -2.58. The Labute approximate surface area is 138 Å². The minimum atomic E-state index is 0.655. The van der Waals surface area contributed by atoms with Crippen LogP contribution in [-0.4, -0.2) is 30.1 Å². The van der Waals surface area contributed by atoms with E-state index in [9.17, 15) is 0 Å². The Bertz CT molecular complexity index is 435. The molecule has 1 heterocycles. The third kappa shape index (κ3) is 4.80. The second-order valence-electron chi connectivity index (χ2n) is 6.41. The first-order valence-electron chi connectivity index (χ1n) is 8.35. The van der Waals surface area contributed by atoms with Crippen LogP contribution >= 0.6 is 15.9 Å². The van der Waals surface area contributed by atoms with Gasteiger partial charge in [-0.2, -0.15) is 0 Å². The number of rotatable bonds is 6. The Morgan fingerprint density at radius 3 is 2.86 bits per heavy atom. The maximum absolute atomic E-state index is 3.76. The van der Waals surface area contributed by atoms with E-state index in [0.29, 0.717) is 12.1 Å². The van der Waals surface area contributed by atoms with Gasteiger partial charge >= 0.3 is 0 Å². The van der Waals surface area contributed by atoms with Crippen LogP contribution in [0.4, 0.5) is 0 Å². The van der Waals surface area contributed by atoms with Crippen LogP contribution in [-0.2, 0) is 6.54 Å². The summed E-state index contributed by atoms with van der Waals surface area (Å²) in [7, 11) is 0. The fourth-order valence-corrected chi connectivity index (χ4v) is 3.77. The zero-order valence-corrected chi connectivity index (χ0v) is 15.2. The Balaban J connectivity index is 2.08. The summed E-state index contributed by atoms with van der Waals surface area (Å²) in [5.74, 6) is 0.743. The summed E-state index contributed by atoms with van der Waals surface area (Å²) in [5, 5.41) is 3.76. The van der Waals surface area contributed by atoms with Crippen LogP contribution in [0.25, 0.3) is 0 Å². The molecule has 0 saturated carbocycles. The average molecular weight is 353 g/mol. The number of halogens is 1. The topological polar surface area (TPSA) is 15.3 Å². The van der Waals surface area contributed by atoms with Gasteiger partial charge in [0.2, 0.25) is 0 Å². The normalized spacial score (nSPS) is 25.0. The lowest BCUT2D eigenvalue weighted by atomic mass is 9.93. The molecule has 0 radical (unpaired) electrons. The second kappa shape index (κ2) is 8.30. The van der Waals surface area contributed by atoms with Gasteiger partial charge in [0.05, 0.1) is 0 Å². The van der Waals surface area contributed by atoms with Crippen molar-refractivity contribution in [1.29, 1.82) is 0 Å². The molecule has 3 heteroatoms. The van der Waals surface area contributed by atoms with Gasteiger partial charge in [0.1, 0.15) is 0 Å². The molecule has 2 rings (SSSR count). The summed E-state index contributed by atoms with van der Waals surface area (Å²) in [6.07, 6.45) is 3.79. The van der Waals surface area contributed by atoms with Gasteiger partial charge in [-0.1, -0.05) is 61.7 Å². The molecule has 1 aromatic rings. The van der Waals surface area contributed by atoms with Crippen molar-refractivity contribution in [1.82, 2.24) is 10.2 Å². The van der Waals surface area contributed by atoms with Crippen molar-refractivity contribution >= 4 is 15.9 Å². The first-order valence-corrected chi connectivity index (χ1v) is 9.15. The fourth-order valence-electron chi connectivity index (χ4n) is 3.33. The van der Waals surface area contributed by atoms with E-state index in [4.69, 9.17) is 0 Å². The first-order chi connectivity index (χ1) is 10.1. The van der Waals surface area contributed by atoms with Crippen molar-refractivity contribution in [2.24, 2.45) is 5.92 Å². The van der Waals surface area contributed by atoms with Crippen molar-refractivity contribution in [2.45, 2.75) is 58.7 Å². The second-order valence-corrected chi connectivity index (χ2v) is 7.32. The molecule has 0 aliphatic carbocycles. The zero-order chi connectivity index (χ0) is 15.2. The molecule has 3 unspecified atom stereocenters. The van der Waals surface area contributed by atoms with Gasteiger partial charge < -0.3 is 5.32 Å². The highest BCUT2D eigenvalue weighted by Gasteiger charge is 2.30. The van der Waals surface area contributed by atoms with E-state index in [2.05, 4.69) is 71.2 Å². The SMILES string of the molecule is CCCC1CN(Cc2cccc(Br)c2)C(C(C)CC)CN1. The van der Waals surface area contributed by atoms with Crippen molar-refractivity contribution < 1.29 is 0 Å². The lowest BCUT2D eigenvalue weighted by molar-refractivity contribution is 0.0818. The molecule has 0 bridgehead atoms. The monoisotopic (exact) mass is 352 g/mol. The van der Waals surface area contributed by atoms with Crippen molar-refractivity contribution in [3.63, 3.8) is 0 Å². The summed E-state index contributed by atoms with van der Waals surface area (Å²) in [4.78, 5) is 2.70. The predicted molar refractivity (Wildman–Crippen MR) is 94.5 cm³/mol. The predicted octanol–water partition coefficient (Wildman–Crippen LogP) is 4.44. The Kier molecular flexibility index (Phi) is 6.72. The molecule has 21 heavy (non-hydrogen) atoms. The van der Waals surface area contributed by atoms with Crippen LogP contribution in [0.1, 0.15) is 45.6 Å². The molecule has 1 aliphatic rings. The minimum Gasteiger partial charge on any atom is -0.311 e. The number of hydrogen-bond acceptors (Lipinski definition) is 2. The van der Waals surface area contributed by atoms with Crippen LogP contribution < -0.4 is 5.32 Å². The molecule has 1 saturated heterocycles. The van der Waals surface area contributed by atoms with Gasteiger partial charge in [0.25, 0.3) is 0 Å². The average Bonchev–Trinajstić information content (AvgIpc) is 2.47. The van der Waals surface area contributed by atoms with E-state index in [1.54, 1.807) is 0 Å². The molecule has 3 atom stereocenters. The highest BCUT2D eigenvalue weighted by atomic mass is 79.9. The number of benzene rings is 1. The molecule has 1 aliphatic heterocycles. The van der Waals surface area contributed by atoms with E-state index in [-0.39, 0.29) is 0 Å². The Morgan fingerprint density at radius 2 is 2.19 bits per heavy atom. The van der Waals surface area contributed by atoms with Gasteiger partial charge in [-0.3, -0.25) is 4.90 Å². The number of nitrogens with one attached hydrogen (secondary N) is 1. The summed E-state index contributed by atoms with van der Waals surface area (Å²) in [6.45, 7) is 10.3. The highest BCUT2D eigenvalue weighted by Crippen LogP contribution is 2.23. The Morgan fingerprint density at radius 1 is 1.38 bits per heavy atom. The molecule has 2 nitrogen and oxygen atoms in total. The minimum absolute atomic E-state index is 0.655. The van der Waals surface area contributed by atoms with Gasteiger partial charge in [-0.25, -0.2) is 0 Å². The van der Waals surface area contributed by atoms with Gasteiger partial charge in [-0.05, 0) is 30.0 Å². The van der Waals surface area contributed by atoms with Gasteiger partial charge in [0, 0.05) is 36.2 Å². The first kappa shape index (κ1) is 17.0. The molecule has 118 valence electrons. The standard InChI is InChI=1S/C18H29BrN2/c1-4-7-17-13-21(18(11-20-17)14(3)5-2)12-15-8-6-9-16(19)10-15/h6,8-10,14,17-18,20H,4-5,7,11-13H2,1-3H3. The molecular formula is C18H29BrN2. The van der Waals surface area contributed by atoms with E-state index < -0.39 is 0 Å². The van der Waals surface area contributed by atoms with Gasteiger partial charge in [-0.15, -0.1) is 0 Å². The third-order valence-corrected chi connectivity index (χ3v) is 5.25. The summed E-state index contributed by atoms with van der Waals surface area (Å²) in [6, 6.07) is 10.1. The van der Waals surface area contributed by atoms with Crippen LogP contribution in [0.2, 0.25) is 0 Å². The van der Waals surface area contributed by atoms with Crippen molar-refractivity contribution in [2.75, 3.05) is 13.1 Å². The third-order valence-electron chi connectivity index (χ3n) is 4.75. The lowest BCUT2D eigenvalue weighted by Gasteiger charge is -2.43. The van der Waals surface area contributed by atoms with Crippen LogP contribution in [0.5, 0.6) is 0 Å². The van der Waals surface area contributed by atoms with Crippen LogP contribution in [0, 0.1) is 5.92 Å². The van der Waals surface area contributed by atoms with Crippen molar-refractivity contribution in [3.05, 3.63) is 34.3 Å². The highest BCUT2D eigenvalue weighted by molar-refractivity contribution is 9.10. The smallest absolute Gasteiger partial charge is 0.0250 e. The quantitative estimate of drug-likeness (QED) is 0.814. The number of piperazine rings is 1. The van der Waals surface area contributed by atoms with E-state index >= 15 is 0 Å². The summed E-state index contributed by atoms with van der Waals surface area (Å²) >= 11 is 3.59. The molecule has 1 N–H and O–H groups in total. The summed E-state index contributed by atoms with van der Waals surface area (Å²) < 4.78 is 1.18. The van der Waals surface area contributed by atoms with Crippen LogP contribution in [0.15, 0.2) is 28.7 Å². The summed E-state index contributed by atoms with van der Waals surface area (Å²) in [5.41, 5.74) is 1.41. The fraction of sp³-hybridized carbons (Fsp3) is 0.667. The maximum Gasteiger partial charge on any atom is 0.0250 e. The van der Waals surface area contributed by atoms with E-state index in [1.165, 1.54) is 35.8 Å². The van der Waals surface area contributed by atoms with Crippen molar-refractivity contribution in [3.8, 4) is 0 Å². The maximum atomic E-state index is 3.76. The molecule has 1 aromatic carbocycles. The van der Waals surface area contributed by atoms with Gasteiger partial charge in [0.15, 0.2) is 0 Å². The molecular weight excluding hydrogens is 324 g/mol. The van der Waals surface area contributed by atoms with E-state index in [1.807, 2.05) is 0 Å². The molecule has 0 spiro atoms. The van der Waals surface area contributed by atoms with E-state index in [0.717, 1.165) is 19.0 Å². The van der Waals surface area contributed by atoms with Crippen LogP contribution in [0.3, 0.4) is 0 Å². The largest absolute Gasteiger partial charge is 0.311 e. The number of nitrogens with zero attached hydrogens (tertiary/aromatic N) is 1. The molecule has 0 aromatic heterocycles. The Hall–Kier alpha value is -0.380. The number of hydrogen-bond donors (Lipinski definition) is 1. The molecule has 0 amide bonds.